The summed E-state index contributed by atoms with van der Waals surface area (Å²) in [4.78, 5) is 12.0. The van der Waals surface area contributed by atoms with E-state index in [-0.39, 0.29) is 26.4 Å². The largest absolute Gasteiger partial charge is 0.507 e. The summed E-state index contributed by atoms with van der Waals surface area (Å²) in [7, 11) is 0. The molecule has 7 heteroatoms. The molecule has 3 nitrogen and oxygen atoms in total. The van der Waals surface area contributed by atoms with Gasteiger partial charge in [0.2, 0.25) is 0 Å². The number of nitrogens with one attached hydrogen (secondary N) is 1. The zero-order valence-corrected chi connectivity index (χ0v) is 12.8. The molecular formula is C13H7Cl4NO2. The number of phenolic OH excluding ortho intramolecular Hbond substituents is 1. The SMILES string of the molecule is O=C(Nc1cc(Cl)c(Cl)cc1Cl)c1ccc(Cl)cc1O. The normalized spacial score (nSPS) is 10.4. The Morgan fingerprint density at radius 2 is 1.60 bits per heavy atom. The van der Waals surface area contributed by atoms with Crippen molar-refractivity contribution < 1.29 is 9.90 Å². The lowest BCUT2D eigenvalue weighted by Gasteiger charge is -2.10. The van der Waals surface area contributed by atoms with Gasteiger partial charge in [-0.25, -0.2) is 0 Å². The molecule has 0 unspecified atom stereocenters. The van der Waals surface area contributed by atoms with Crippen LogP contribution < -0.4 is 5.32 Å². The highest BCUT2D eigenvalue weighted by Gasteiger charge is 2.14. The van der Waals surface area contributed by atoms with E-state index in [2.05, 4.69) is 5.32 Å². The number of carbonyl (C=O) groups excluding carboxylic acids is 1. The van der Waals surface area contributed by atoms with Gasteiger partial charge in [-0.1, -0.05) is 46.4 Å². The van der Waals surface area contributed by atoms with E-state index >= 15 is 0 Å². The maximum absolute atomic E-state index is 12.0. The quantitative estimate of drug-likeness (QED) is 0.726. The average Bonchev–Trinajstić information content (AvgIpc) is 2.35. The van der Waals surface area contributed by atoms with Gasteiger partial charge in [0, 0.05) is 5.02 Å². The highest BCUT2D eigenvalue weighted by atomic mass is 35.5. The van der Waals surface area contributed by atoms with E-state index in [9.17, 15) is 9.90 Å². The van der Waals surface area contributed by atoms with Crippen LogP contribution in [0.5, 0.6) is 5.75 Å². The van der Waals surface area contributed by atoms with Crippen molar-refractivity contribution in [3.63, 3.8) is 0 Å². The summed E-state index contributed by atoms with van der Waals surface area (Å²) in [6.07, 6.45) is 0. The summed E-state index contributed by atoms with van der Waals surface area (Å²) in [6, 6.07) is 7.01. The number of hydrogen-bond acceptors (Lipinski definition) is 2. The number of carbonyl (C=O) groups is 1. The third-order valence-corrected chi connectivity index (χ3v) is 3.73. The first-order valence-electron chi connectivity index (χ1n) is 5.33. The van der Waals surface area contributed by atoms with Crippen LogP contribution in [0.3, 0.4) is 0 Å². The lowest BCUT2D eigenvalue weighted by Crippen LogP contribution is -2.12. The van der Waals surface area contributed by atoms with Crippen LogP contribution in [0.4, 0.5) is 5.69 Å². The molecule has 0 atom stereocenters. The summed E-state index contributed by atoms with van der Waals surface area (Å²) in [6.45, 7) is 0. The Bertz CT molecular complexity index is 688. The molecule has 0 saturated heterocycles. The minimum atomic E-state index is -0.542. The molecule has 0 bridgehead atoms. The molecule has 1 amide bonds. The molecule has 0 aliphatic carbocycles. The molecule has 0 radical (unpaired) electrons. The highest BCUT2D eigenvalue weighted by Crippen LogP contribution is 2.33. The predicted octanol–water partition coefficient (Wildman–Crippen LogP) is 5.26. The molecule has 0 aliphatic heterocycles. The molecule has 0 spiro atoms. The van der Waals surface area contributed by atoms with Crippen molar-refractivity contribution in [2.75, 3.05) is 5.32 Å². The van der Waals surface area contributed by atoms with Gasteiger partial charge in [0.05, 0.1) is 26.3 Å². The monoisotopic (exact) mass is 349 g/mol. The second-order valence-electron chi connectivity index (χ2n) is 3.86. The Labute approximate surface area is 135 Å². The average molecular weight is 351 g/mol. The Balaban J connectivity index is 2.30. The van der Waals surface area contributed by atoms with Crippen LogP contribution in [0.1, 0.15) is 10.4 Å². The van der Waals surface area contributed by atoms with Crippen molar-refractivity contribution in [2.24, 2.45) is 0 Å². The van der Waals surface area contributed by atoms with Crippen LogP contribution in [-0.4, -0.2) is 11.0 Å². The summed E-state index contributed by atoms with van der Waals surface area (Å²) >= 11 is 23.3. The number of amides is 1. The van der Waals surface area contributed by atoms with Gasteiger partial charge in [0.1, 0.15) is 5.75 Å². The van der Waals surface area contributed by atoms with Crippen LogP contribution in [0.2, 0.25) is 20.1 Å². The maximum atomic E-state index is 12.0. The van der Waals surface area contributed by atoms with Gasteiger partial charge in [0.15, 0.2) is 0 Å². The minimum Gasteiger partial charge on any atom is -0.507 e. The van der Waals surface area contributed by atoms with E-state index in [1.165, 1.54) is 30.3 Å². The van der Waals surface area contributed by atoms with Crippen molar-refractivity contribution in [1.82, 2.24) is 0 Å². The van der Waals surface area contributed by atoms with Crippen molar-refractivity contribution in [1.29, 1.82) is 0 Å². The lowest BCUT2D eigenvalue weighted by atomic mass is 10.2. The second-order valence-corrected chi connectivity index (χ2v) is 5.52. The number of hydrogen-bond donors (Lipinski definition) is 2. The van der Waals surface area contributed by atoms with Crippen LogP contribution in [-0.2, 0) is 0 Å². The number of phenols is 1. The molecule has 0 heterocycles. The lowest BCUT2D eigenvalue weighted by molar-refractivity contribution is 0.102. The van der Waals surface area contributed by atoms with Crippen molar-refractivity contribution in [3.05, 3.63) is 56.0 Å². The Morgan fingerprint density at radius 1 is 0.950 bits per heavy atom. The molecule has 2 aromatic rings. The molecule has 20 heavy (non-hydrogen) atoms. The van der Waals surface area contributed by atoms with Gasteiger partial charge in [-0.2, -0.15) is 0 Å². The highest BCUT2D eigenvalue weighted by molar-refractivity contribution is 6.44. The van der Waals surface area contributed by atoms with E-state index in [0.29, 0.717) is 10.7 Å². The van der Waals surface area contributed by atoms with E-state index in [1.807, 2.05) is 0 Å². The number of benzene rings is 2. The summed E-state index contributed by atoms with van der Waals surface area (Å²) in [5.74, 6) is -0.773. The zero-order valence-electron chi connectivity index (χ0n) is 9.75. The van der Waals surface area contributed by atoms with Gasteiger partial charge in [-0.15, -0.1) is 0 Å². The fourth-order valence-electron chi connectivity index (χ4n) is 1.50. The van der Waals surface area contributed by atoms with Crippen molar-refractivity contribution in [2.45, 2.75) is 0 Å². The molecule has 0 aliphatic rings. The van der Waals surface area contributed by atoms with E-state index in [1.54, 1.807) is 0 Å². The second kappa shape index (κ2) is 6.10. The molecule has 0 fully saturated rings. The summed E-state index contributed by atoms with van der Waals surface area (Å²) in [5, 5.41) is 13.3. The van der Waals surface area contributed by atoms with Gasteiger partial charge in [-0.05, 0) is 30.3 Å². The standard InChI is InChI=1S/C13H7Cl4NO2/c14-6-1-2-7(12(19)3-6)13(20)18-11-5-9(16)8(15)4-10(11)17/h1-5,19H,(H,18,20). The molecular weight excluding hydrogens is 344 g/mol. The van der Waals surface area contributed by atoms with E-state index < -0.39 is 5.91 Å². The number of anilines is 1. The van der Waals surface area contributed by atoms with Gasteiger partial charge < -0.3 is 10.4 Å². The summed E-state index contributed by atoms with van der Waals surface area (Å²) < 4.78 is 0. The van der Waals surface area contributed by atoms with Crippen LogP contribution in [0, 0.1) is 0 Å². The molecule has 104 valence electrons. The first-order chi connectivity index (χ1) is 9.38. The smallest absolute Gasteiger partial charge is 0.259 e. The molecule has 2 aromatic carbocycles. The topological polar surface area (TPSA) is 49.3 Å². The minimum absolute atomic E-state index is 0.0662. The molecule has 0 aromatic heterocycles. The van der Waals surface area contributed by atoms with E-state index in [0.717, 1.165) is 0 Å². The maximum Gasteiger partial charge on any atom is 0.259 e. The van der Waals surface area contributed by atoms with Crippen molar-refractivity contribution in [3.8, 4) is 5.75 Å². The zero-order chi connectivity index (χ0) is 14.9. The predicted molar refractivity (Wildman–Crippen MR) is 82.5 cm³/mol. The first-order valence-corrected chi connectivity index (χ1v) is 6.84. The number of rotatable bonds is 2. The fourth-order valence-corrected chi connectivity index (χ4v) is 2.27. The van der Waals surface area contributed by atoms with Crippen LogP contribution >= 0.6 is 46.4 Å². The van der Waals surface area contributed by atoms with Crippen LogP contribution in [0.15, 0.2) is 30.3 Å². The first kappa shape index (κ1) is 15.3. The van der Waals surface area contributed by atoms with Crippen LogP contribution in [0.25, 0.3) is 0 Å². The van der Waals surface area contributed by atoms with Crippen molar-refractivity contribution >= 4 is 58.0 Å². The Kier molecular flexibility index (Phi) is 4.66. The number of halogens is 4. The Hall–Kier alpha value is -1.13. The molecule has 2 rings (SSSR count). The summed E-state index contributed by atoms with van der Waals surface area (Å²) in [5.41, 5.74) is 0.358. The molecule has 2 N–H and O–H groups in total. The van der Waals surface area contributed by atoms with Gasteiger partial charge in [0.25, 0.3) is 5.91 Å². The molecule has 0 saturated carbocycles. The van der Waals surface area contributed by atoms with E-state index in [4.69, 9.17) is 46.4 Å². The number of aromatic hydroxyl groups is 1. The van der Waals surface area contributed by atoms with Gasteiger partial charge in [-0.3, -0.25) is 4.79 Å². The van der Waals surface area contributed by atoms with Gasteiger partial charge >= 0.3 is 0 Å². The third kappa shape index (κ3) is 3.30. The fraction of sp³-hybridized carbons (Fsp3) is 0. The third-order valence-electron chi connectivity index (χ3n) is 2.46. The Morgan fingerprint density at radius 3 is 2.25 bits per heavy atom.